The number of H-pyrrole nitrogens is 1. The van der Waals surface area contributed by atoms with Crippen LogP contribution in [0.4, 0.5) is 0 Å². The van der Waals surface area contributed by atoms with Crippen LogP contribution in [0.15, 0.2) is 24.8 Å². The summed E-state index contributed by atoms with van der Waals surface area (Å²) in [6, 6.07) is 1.97. The van der Waals surface area contributed by atoms with Crippen LogP contribution < -0.4 is 4.74 Å². The number of carboxylic acid groups (broad SMARTS) is 1. The molecular formula is C21H24N6O4. The lowest BCUT2D eigenvalue weighted by atomic mass is 9.92. The predicted octanol–water partition coefficient (Wildman–Crippen LogP) is 1.52. The zero-order valence-corrected chi connectivity index (χ0v) is 17.4. The van der Waals surface area contributed by atoms with Gasteiger partial charge in [0.25, 0.3) is 12.4 Å². The van der Waals surface area contributed by atoms with Gasteiger partial charge in [-0.1, -0.05) is 0 Å². The van der Waals surface area contributed by atoms with E-state index >= 15 is 0 Å². The van der Waals surface area contributed by atoms with Gasteiger partial charge in [0, 0.05) is 37.0 Å². The highest BCUT2D eigenvalue weighted by Crippen LogP contribution is 2.34. The first-order valence-corrected chi connectivity index (χ1v) is 10.00. The summed E-state index contributed by atoms with van der Waals surface area (Å²) >= 11 is 0. The van der Waals surface area contributed by atoms with Crippen molar-refractivity contribution < 1.29 is 19.4 Å². The average Bonchev–Trinajstić information content (AvgIpc) is 3.52. The number of imidazole rings is 1. The summed E-state index contributed by atoms with van der Waals surface area (Å²) in [7, 11) is 3.46. The molecule has 2 N–H and O–H groups in total. The number of carbonyl (C=O) groups is 2. The number of aromatic amines is 1. The molecule has 10 nitrogen and oxygen atoms in total. The van der Waals surface area contributed by atoms with Crippen LogP contribution in [0.2, 0.25) is 0 Å². The SMILES string of the molecule is COc1nc2c(cc1C(=O)N1Cc3[nH]cnc3C(c3cnn(C)c3)C1)CCC2.O=CO. The summed E-state index contributed by atoms with van der Waals surface area (Å²) in [5, 5.41) is 11.2. The van der Waals surface area contributed by atoms with E-state index in [0.29, 0.717) is 24.5 Å². The van der Waals surface area contributed by atoms with Crippen LogP contribution in [0.5, 0.6) is 5.88 Å². The molecule has 0 aromatic carbocycles. The van der Waals surface area contributed by atoms with Gasteiger partial charge in [0.1, 0.15) is 5.56 Å². The first kappa shape index (κ1) is 20.6. The number of nitrogens with zero attached hydrogens (tertiary/aromatic N) is 5. The molecule has 1 aliphatic carbocycles. The van der Waals surface area contributed by atoms with Crippen molar-refractivity contribution >= 4 is 12.4 Å². The molecule has 4 heterocycles. The zero-order chi connectivity index (χ0) is 22.0. The van der Waals surface area contributed by atoms with Gasteiger partial charge in [0.05, 0.1) is 37.6 Å². The fourth-order valence-electron chi connectivity index (χ4n) is 4.29. The Morgan fingerprint density at radius 2 is 2.19 bits per heavy atom. The van der Waals surface area contributed by atoms with Crippen molar-refractivity contribution in [3.63, 3.8) is 0 Å². The van der Waals surface area contributed by atoms with E-state index in [0.717, 1.165) is 47.5 Å². The minimum Gasteiger partial charge on any atom is -0.483 e. The second-order valence-electron chi connectivity index (χ2n) is 7.56. The number of fused-ring (bicyclic) bond motifs is 2. The summed E-state index contributed by atoms with van der Waals surface area (Å²) in [4.78, 5) is 35.9. The molecule has 0 spiro atoms. The van der Waals surface area contributed by atoms with Gasteiger partial charge in [-0.2, -0.15) is 5.10 Å². The van der Waals surface area contributed by atoms with E-state index in [9.17, 15) is 4.79 Å². The Kier molecular flexibility index (Phi) is 5.70. The molecule has 0 saturated heterocycles. The standard InChI is InChI=1S/C20H22N6O2.CH2O2/c1-25-8-13(7-23-25)15-9-26(10-17-18(15)22-11-21-17)20(27)14-6-12-4-3-5-16(12)24-19(14)28-2;2-1-3/h6-8,11,15H,3-5,9-10H2,1-2H3,(H,21,22);1H,(H,2,3). The Labute approximate surface area is 178 Å². The van der Waals surface area contributed by atoms with E-state index in [4.69, 9.17) is 14.6 Å². The summed E-state index contributed by atoms with van der Waals surface area (Å²) in [6.07, 6.45) is 8.51. The predicted molar refractivity (Wildman–Crippen MR) is 110 cm³/mol. The normalized spacial score (nSPS) is 16.7. The third kappa shape index (κ3) is 3.88. The maximum absolute atomic E-state index is 13.4. The summed E-state index contributed by atoms with van der Waals surface area (Å²) in [6.45, 7) is 0.786. The molecule has 3 aromatic heterocycles. The number of hydrogen-bond acceptors (Lipinski definition) is 6. The lowest BCUT2D eigenvalue weighted by Gasteiger charge is -2.32. The lowest BCUT2D eigenvalue weighted by Crippen LogP contribution is -2.39. The van der Waals surface area contributed by atoms with E-state index in [2.05, 4.69) is 20.1 Å². The van der Waals surface area contributed by atoms with Crippen molar-refractivity contribution in [2.75, 3.05) is 13.7 Å². The first-order valence-electron chi connectivity index (χ1n) is 10.00. The van der Waals surface area contributed by atoms with Crippen molar-refractivity contribution in [1.29, 1.82) is 0 Å². The molecule has 10 heteroatoms. The topological polar surface area (TPSA) is 126 Å². The molecule has 31 heavy (non-hydrogen) atoms. The number of aryl methyl sites for hydroxylation is 3. The van der Waals surface area contributed by atoms with Crippen molar-refractivity contribution in [2.45, 2.75) is 31.7 Å². The van der Waals surface area contributed by atoms with Crippen molar-refractivity contribution in [1.82, 2.24) is 29.6 Å². The molecule has 3 aromatic rings. The second kappa shape index (κ2) is 8.58. The number of hydrogen-bond donors (Lipinski definition) is 2. The van der Waals surface area contributed by atoms with Crippen LogP contribution in [-0.2, 0) is 31.2 Å². The van der Waals surface area contributed by atoms with Crippen LogP contribution in [0, 0.1) is 0 Å². The third-order valence-corrected chi connectivity index (χ3v) is 5.69. The Morgan fingerprint density at radius 1 is 1.39 bits per heavy atom. The Hall–Kier alpha value is -3.69. The quantitative estimate of drug-likeness (QED) is 0.611. The smallest absolute Gasteiger partial charge is 0.290 e. The summed E-state index contributed by atoms with van der Waals surface area (Å²) in [5.41, 5.74) is 5.74. The number of ether oxygens (including phenoxy) is 1. The van der Waals surface area contributed by atoms with E-state index in [-0.39, 0.29) is 18.3 Å². The van der Waals surface area contributed by atoms with E-state index in [1.54, 1.807) is 18.1 Å². The van der Waals surface area contributed by atoms with Crippen LogP contribution in [0.1, 0.15) is 50.9 Å². The van der Waals surface area contributed by atoms with Crippen LogP contribution in [0.3, 0.4) is 0 Å². The fourth-order valence-corrected chi connectivity index (χ4v) is 4.29. The number of methoxy groups -OCH3 is 1. The van der Waals surface area contributed by atoms with Gasteiger partial charge in [-0.15, -0.1) is 0 Å². The van der Waals surface area contributed by atoms with Gasteiger partial charge in [0.2, 0.25) is 5.88 Å². The maximum atomic E-state index is 13.4. The van der Waals surface area contributed by atoms with Gasteiger partial charge >= 0.3 is 0 Å². The zero-order valence-electron chi connectivity index (χ0n) is 17.4. The number of aromatic nitrogens is 5. The molecule has 2 aliphatic rings. The van der Waals surface area contributed by atoms with E-state index in [1.165, 1.54) is 0 Å². The number of rotatable bonds is 3. The van der Waals surface area contributed by atoms with Crippen LogP contribution in [0.25, 0.3) is 0 Å². The number of amides is 1. The monoisotopic (exact) mass is 424 g/mol. The van der Waals surface area contributed by atoms with Gasteiger partial charge in [0.15, 0.2) is 0 Å². The third-order valence-electron chi connectivity index (χ3n) is 5.69. The Balaban J connectivity index is 0.000000730. The number of nitrogens with one attached hydrogen (secondary N) is 1. The maximum Gasteiger partial charge on any atom is 0.290 e. The summed E-state index contributed by atoms with van der Waals surface area (Å²) in [5.74, 6) is 0.341. The molecule has 0 radical (unpaired) electrons. The largest absolute Gasteiger partial charge is 0.483 e. The molecule has 0 bridgehead atoms. The minimum atomic E-state index is -0.250. The van der Waals surface area contributed by atoms with Crippen molar-refractivity contribution in [3.8, 4) is 5.88 Å². The molecule has 1 aliphatic heterocycles. The summed E-state index contributed by atoms with van der Waals surface area (Å²) < 4.78 is 7.23. The molecule has 1 atom stereocenters. The second-order valence-corrected chi connectivity index (χ2v) is 7.56. The van der Waals surface area contributed by atoms with Gasteiger partial charge in [-0.25, -0.2) is 9.97 Å². The van der Waals surface area contributed by atoms with E-state index < -0.39 is 0 Å². The number of carbonyl (C=O) groups excluding carboxylic acids is 1. The van der Waals surface area contributed by atoms with Crippen molar-refractivity contribution in [3.05, 3.63) is 58.6 Å². The fraction of sp³-hybridized carbons (Fsp3) is 0.381. The molecule has 5 rings (SSSR count). The Morgan fingerprint density at radius 3 is 2.90 bits per heavy atom. The molecular weight excluding hydrogens is 400 g/mol. The molecule has 1 unspecified atom stereocenters. The number of pyridine rings is 1. The van der Waals surface area contributed by atoms with Crippen LogP contribution >= 0.6 is 0 Å². The average molecular weight is 424 g/mol. The van der Waals surface area contributed by atoms with Crippen molar-refractivity contribution in [2.24, 2.45) is 7.05 Å². The van der Waals surface area contributed by atoms with Gasteiger partial charge in [-0.05, 0) is 30.9 Å². The first-order chi connectivity index (χ1) is 15.0. The highest BCUT2D eigenvalue weighted by atomic mass is 16.5. The highest BCUT2D eigenvalue weighted by Gasteiger charge is 2.34. The van der Waals surface area contributed by atoms with Gasteiger partial charge in [-0.3, -0.25) is 14.3 Å². The highest BCUT2D eigenvalue weighted by molar-refractivity contribution is 5.97. The molecule has 0 fully saturated rings. The minimum absolute atomic E-state index is 0.0129. The molecule has 1 amide bonds. The lowest BCUT2D eigenvalue weighted by molar-refractivity contribution is -0.122. The molecule has 162 valence electrons. The molecule has 0 saturated carbocycles. The Bertz CT molecular complexity index is 1110. The van der Waals surface area contributed by atoms with Crippen LogP contribution in [-0.4, -0.2) is 60.8 Å². The van der Waals surface area contributed by atoms with Gasteiger partial charge < -0.3 is 19.7 Å². The van der Waals surface area contributed by atoms with E-state index in [1.807, 2.05) is 30.4 Å².